The van der Waals surface area contributed by atoms with Crippen LogP contribution in [0.2, 0.25) is 0 Å². The van der Waals surface area contributed by atoms with Crippen molar-refractivity contribution in [1.82, 2.24) is 10.2 Å². The molecule has 4 rings (SSSR count). The molecule has 7 nitrogen and oxygen atoms in total. The lowest BCUT2D eigenvalue weighted by molar-refractivity contribution is -0.138. The van der Waals surface area contributed by atoms with Crippen molar-refractivity contribution in [2.75, 3.05) is 19.7 Å². The summed E-state index contributed by atoms with van der Waals surface area (Å²) in [5.74, 6) is -0.692. The van der Waals surface area contributed by atoms with E-state index in [1.165, 1.54) is 11.1 Å². The Hall–Kier alpha value is -3.35. The molecule has 35 heavy (non-hydrogen) atoms. The van der Waals surface area contributed by atoms with Crippen LogP contribution in [-0.4, -0.2) is 53.7 Å². The Morgan fingerprint density at radius 1 is 1.00 bits per heavy atom. The van der Waals surface area contributed by atoms with Crippen LogP contribution in [0.1, 0.15) is 56.6 Å². The van der Waals surface area contributed by atoms with Crippen LogP contribution in [-0.2, 0) is 14.3 Å². The summed E-state index contributed by atoms with van der Waals surface area (Å²) in [5, 5.41) is 11.7. The number of rotatable bonds is 8. The predicted octanol–water partition coefficient (Wildman–Crippen LogP) is 4.65. The number of likely N-dealkylation sites (tertiary alicyclic amines) is 1. The third kappa shape index (κ3) is 5.66. The van der Waals surface area contributed by atoms with Crippen LogP contribution in [0.15, 0.2) is 48.5 Å². The number of carbonyl (C=O) groups excluding carboxylic acids is 2. The summed E-state index contributed by atoms with van der Waals surface area (Å²) in [6.07, 6.45) is 1.79. The summed E-state index contributed by atoms with van der Waals surface area (Å²) in [7, 11) is 0. The highest BCUT2D eigenvalue weighted by atomic mass is 16.5. The van der Waals surface area contributed by atoms with Gasteiger partial charge < -0.3 is 20.1 Å². The summed E-state index contributed by atoms with van der Waals surface area (Å²) in [6, 6.07) is 15.7. The maximum atomic E-state index is 13.2. The maximum Gasteiger partial charge on any atom is 0.407 e. The highest BCUT2D eigenvalue weighted by molar-refractivity contribution is 5.86. The first-order valence-electron chi connectivity index (χ1n) is 12.5. The van der Waals surface area contributed by atoms with Gasteiger partial charge in [0.05, 0.1) is 0 Å². The number of alkyl carbamates (subject to hydrolysis) is 1. The van der Waals surface area contributed by atoms with Gasteiger partial charge in [-0.05, 0) is 53.4 Å². The molecule has 0 radical (unpaired) electrons. The molecule has 7 heteroatoms. The Labute approximate surface area is 206 Å². The fraction of sp³-hybridized carbons (Fsp3) is 0.464. The number of hydrogen-bond acceptors (Lipinski definition) is 4. The zero-order valence-electron chi connectivity index (χ0n) is 20.4. The van der Waals surface area contributed by atoms with E-state index < -0.39 is 18.1 Å². The van der Waals surface area contributed by atoms with Gasteiger partial charge in [0.2, 0.25) is 5.91 Å². The van der Waals surface area contributed by atoms with E-state index in [0.717, 1.165) is 24.0 Å². The fourth-order valence-corrected chi connectivity index (χ4v) is 5.25. The largest absolute Gasteiger partial charge is 0.481 e. The number of hydrogen-bond donors (Lipinski definition) is 2. The number of amides is 2. The molecule has 0 aromatic heterocycles. The van der Waals surface area contributed by atoms with Crippen LogP contribution in [0.5, 0.6) is 0 Å². The smallest absolute Gasteiger partial charge is 0.407 e. The second-order valence-electron chi connectivity index (χ2n) is 9.89. The molecule has 2 amide bonds. The Kier molecular flexibility index (Phi) is 7.73. The zero-order chi connectivity index (χ0) is 24.9. The molecule has 1 fully saturated rings. The molecular weight excluding hydrogens is 444 g/mol. The van der Waals surface area contributed by atoms with Crippen molar-refractivity contribution < 1.29 is 24.2 Å². The lowest BCUT2D eigenvalue weighted by Crippen LogP contribution is -2.53. The predicted molar refractivity (Wildman–Crippen MR) is 133 cm³/mol. The number of carbonyl (C=O) groups is 3. The monoisotopic (exact) mass is 478 g/mol. The highest BCUT2D eigenvalue weighted by Gasteiger charge is 2.33. The number of carboxylic acid groups (broad SMARTS) is 1. The van der Waals surface area contributed by atoms with Crippen LogP contribution < -0.4 is 5.32 Å². The van der Waals surface area contributed by atoms with E-state index in [0.29, 0.717) is 25.4 Å². The van der Waals surface area contributed by atoms with Gasteiger partial charge in [-0.1, -0.05) is 62.4 Å². The van der Waals surface area contributed by atoms with Crippen molar-refractivity contribution in [3.8, 4) is 11.1 Å². The average Bonchev–Trinajstić information content (AvgIpc) is 3.18. The van der Waals surface area contributed by atoms with Crippen molar-refractivity contribution >= 4 is 18.0 Å². The minimum absolute atomic E-state index is 0.0359. The molecule has 1 atom stereocenters. The first kappa shape index (κ1) is 24.8. The third-order valence-electron chi connectivity index (χ3n) is 7.24. The van der Waals surface area contributed by atoms with E-state index in [2.05, 4.69) is 29.6 Å². The van der Waals surface area contributed by atoms with E-state index in [4.69, 9.17) is 9.84 Å². The summed E-state index contributed by atoms with van der Waals surface area (Å²) < 4.78 is 5.65. The number of ether oxygens (including phenoxy) is 1. The van der Waals surface area contributed by atoms with Gasteiger partial charge in [-0.15, -0.1) is 0 Å². The molecule has 0 saturated carbocycles. The number of benzene rings is 2. The molecule has 2 aromatic rings. The second-order valence-corrected chi connectivity index (χ2v) is 9.89. The molecule has 0 unspecified atom stereocenters. The van der Waals surface area contributed by atoms with Gasteiger partial charge >= 0.3 is 12.1 Å². The van der Waals surface area contributed by atoms with Crippen molar-refractivity contribution in [3.05, 3.63) is 59.7 Å². The van der Waals surface area contributed by atoms with E-state index in [1.807, 2.05) is 38.1 Å². The molecule has 186 valence electrons. The molecule has 1 aliphatic heterocycles. The van der Waals surface area contributed by atoms with Gasteiger partial charge in [0.15, 0.2) is 0 Å². The number of piperidine rings is 1. The highest BCUT2D eigenvalue weighted by Crippen LogP contribution is 2.44. The Bertz CT molecular complexity index is 1030. The number of nitrogens with one attached hydrogen (secondary N) is 1. The van der Waals surface area contributed by atoms with Crippen molar-refractivity contribution in [1.29, 1.82) is 0 Å². The van der Waals surface area contributed by atoms with E-state index in [9.17, 15) is 14.4 Å². The van der Waals surface area contributed by atoms with E-state index in [1.54, 1.807) is 4.90 Å². The normalized spacial score (nSPS) is 16.5. The number of fused-ring (bicyclic) bond motifs is 3. The van der Waals surface area contributed by atoms with Crippen LogP contribution >= 0.6 is 0 Å². The molecular formula is C28H34N2O5. The first-order valence-corrected chi connectivity index (χ1v) is 12.5. The van der Waals surface area contributed by atoms with Gasteiger partial charge in [0, 0.05) is 25.4 Å². The topological polar surface area (TPSA) is 95.9 Å². The van der Waals surface area contributed by atoms with Crippen molar-refractivity contribution in [2.24, 2.45) is 11.8 Å². The third-order valence-corrected chi connectivity index (χ3v) is 7.24. The van der Waals surface area contributed by atoms with Gasteiger partial charge in [-0.2, -0.15) is 0 Å². The van der Waals surface area contributed by atoms with Gasteiger partial charge in [-0.25, -0.2) is 4.79 Å². The van der Waals surface area contributed by atoms with E-state index >= 15 is 0 Å². The standard InChI is InChI=1S/C28H34N2O5/c1-18(2)26(27(33)30-15-13-19(14-16-30)11-12-25(31)32)29-28(34)35-17-24-22-9-5-3-7-20(22)21-8-4-6-10-23(21)24/h3-10,18-19,24,26H,11-17H2,1-2H3,(H,29,34)(H,31,32)/t26-/m0/s1. The molecule has 0 spiro atoms. The van der Waals surface area contributed by atoms with Gasteiger partial charge in [0.1, 0.15) is 12.6 Å². The van der Waals surface area contributed by atoms with E-state index in [-0.39, 0.29) is 30.8 Å². The van der Waals surface area contributed by atoms with Gasteiger partial charge in [-0.3, -0.25) is 9.59 Å². The Morgan fingerprint density at radius 2 is 1.57 bits per heavy atom. The fourth-order valence-electron chi connectivity index (χ4n) is 5.25. The maximum absolute atomic E-state index is 13.2. The zero-order valence-corrected chi connectivity index (χ0v) is 20.4. The summed E-state index contributed by atoms with van der Waals surface area (Å²) in [5.41, 5.74) is 4.62. The summed E-state index contributed by atoms with van der Waals surface area (Å²) >= 11 is 0. The second kappa shape index (κ2) is 10.9. The summed E-state index contributed by atoms with van der Waals surface area (Å²) in [6.45, 7) is 5.18. The molecule has 2 aliphatic rings. The van der Waals surface area contributed by atoms with Crippen LogP contribution in [0.3, 0.4) is 0 Å². The van der Waals surface area contributed by atoms with Crippen molar-refractivity contribution in [3.63, 3.8) is 0 Å². The van der Waals surface area contributed by atoms with Crippen LogP contribution in [0, 0.1) is 11.8 Å². The molecule has 0 bridgehead atoms. The molecule has 1 heterocycles. The SMILES string of the molecule is CC(C)[C@H](NC(=O)OCC1c2ccccc2-c2ccccc21)C(=O)N1CCC(CCC(=O)O)CC1. The number of carboxylic acids is 1. The first-order chi connectivity index (χ1) is 16.8. The molecule has 2 N–H and O–H groups in total. The minimum Gasteiger partial charge on any atom is -0.481 e. The van der Waals surface area contributed by atoms with Crippen LogP contribution in [0.25, 0.3) is 11.1 Å². The lowest BCUT2D eigenvalue weighted by atomic mass is 9.91. The molecule has 1 aliphatic carbocycles. The minimum atomic E-state index is -0.782. The van der Waals surface area contributed by atoms with Gasteiger partial charge in [0.25, 0.3) is 0 Å². The lowest BCUT2D eigenvalue weighted by Gasteiger charge is -2.35. The van der Waals surface area contributed by atoms with Crippen LogP contribution in [0.4, 0.5) is 4.79 Å². The average molecular weight is 479 g/mol. The number of nitrogens with zero attached hydrogens (tertiary/aromatic N) is 1. The Morgan fingerprint density at radius 3 is 2.11 bits per heavy atom. The summed E-state index contributed by atoms with van der Waals surface area (Å²) in [4.78, 5) is 38.6. The molecule has 2 aromatic carbocycles. The van der Waals surface area contributed by atoms with Crippen molar-refractivity contribution in [2.45, 2.75) is 51.5 Å². The number of aliphatic carboxylic acids is 1. The molecule has 1 saturated heterocycles. The Balaban J connectivity index is 1.34. The quantitative estimate of drug-likeness (QED) is 0.576.